The van der Waals surface area contributed by atoms with Crippen molar-refractivity contribution in [3.05, 3.63) is 35.2 Å². The third-order valence-corrected chi connectivity index (χ3v) is 4.45. The summed E-state index contributed by atoms with van der Waals surface area (Å²) in [7, 11) is -3.18. The number of amides is 1. The molecule has 0 saturated carbocycles. The van der Waals surface area contributed by atoms with Crippen LogP contribution in [0.1, 0.15) is 10.4 Å². The molecule has 1 aromatic rings. The van der Waals surface area contributed by atoms with Gasteiger partial charge in [0.1, 0.15) is 13.2 Å². The molecule has 1 aromatic carbocycles. The molecule has 1 N–H and O–H groups in total. The van der Waals surface area contributed by atoms with E-state index in [0.29, 0.717) is 30.3 Å². The van der Waals surface area contributed by atoms with Crippen LogP contribution in [0.25, 0.3) is 0 Å². The maximum atomic E-state index is 12.1. The highest BCUT2D eigenvalue weighted by Gasteiger charge is 2.24. The van der Waals surface area contributed by atoms with Gasteiger partial charge in [-0.2, -0.15) is 0 Å². The number of carbonyl (C=O) groups is 1. The molecule has 2 aliphatic heterocycles. The van der Waals surface area contributed by atoms with Crippen molar-refractivity contribution < 1.29 is 22.7 Å². The molecule has 0 spiro atoms. The summed E-state index contributed by atoms with van der Waals surface area (Å²) in [6.45, 7) is 0.935. The van der Waals surface area contributed by atoms with Crippen molar-refractivity contribution in [3.63, 3.8) is 0 Å². The van der Waals surface area contributed by atoms with E-state index < -0.39 is 15.9 Å². The molecule has 106 valence electrons. The number of rotatable bonds is 2. The van der Waals surface area contributed by atoms with Crippen LogP contribution in [0.2, 0.25) is 0 Å². The minimum atomic E-state index is -3.18. The standard InChI is InChI=1S/C13H13NO5S/c15-13(14-10-3-6-20(16,17)8-10)9-1-2-11-12(7-9)19-5-4-18-11/h1-3,6-7,10H,4-5,8H2,(H,14,15)/t10-/m1/s1. The summed E-state index contributed by atoms with van der Waals surface area (Å²) in [5, 5.41) is 3.78. The summed E-state index contributed by atoms with van der Waals surface area (Å²) in [6.07, 6.45) is 1.48. The molecule has 2 aliphatic rings. The van der Waals surface area contributed by atoms with E-state index in [4.69, 9.17) is 9.47 Å². The molecule has 0 fully saturated rings. The zero-order valence-electron chi connectivity index (χ0n) is 10.5. The first-order valence-electron chi connectivity index (χ1n) is 6.15. The van der Waals surface area contributed by atoms with Crippen LogP contribution < -0.4 is 14.8 Å². The van der Waals surface area contributed by atoms with Gasteiger partial charge in [0, 0.05) is 11.0 Å². The largest absolute Gasteiger partial charge is 0.486 e. The van der Waals surface area contributed by atoms with E-state index in [1.54, 1.807) is 18.2 Å². The van der Waals surface area contributed by atoms with Crippen molar-refractivity contribution >= 4 is 15.7 Å². The molecule has 0 aliphatic carbocycles. The smallest absolute Gasteiger partial charge is 0.251 e. The molecule has 0 saturated heterocycles. The fourth-order valence-corrected chi connectivity index (χ4v) is 3.34. The van der Waals surface area contributed by atoms with Crippen LogP contribution in [0.15, 0.2) is 29.7 Å². The van der Waals surface area contributed by atoms with E-state index in [2.05, 4.69) is 5.32 Å². The number of sulfone groups is 1. The summed E-state index contributed by atoms with van der Waals surface area (Å²) in [4.78, 5) is 12.1. The monoisotopic (exact) mass is 295 g/mol. The van der Waals surface area contributed by atoms with Crippen molar-refractivity contribution in [2.24, 2.45) is 0 Å². The Hall–Kier alpha value is -2.02. The lowest BCUT2D eigenvalue weighted by atomic mass is 10.1. The summed E-state index contributed by atoms with van der Waals surface area (Å²) >= 11 is 0. The van der Waals surface area contributed by atoms with Gasteiger partial charge in [-0.25, -0.2) is 8.42 Å². The minimum absolute atomic E-state index is 0.0940. The SMILES string of the molecule is O=C(N[C@@H]1C=CS(=O)(=O)C1)c1ccc2c(c1)OCCO2. The molecular formula is C13H13NO5S. The quantitative estimate of drug-likeness (QED) is 0.859. The highest BCUT2D eigenvalue weighted by Crippen LogP contribution is 2.30. The second-order valence-corrected chi connectivity index (χ2v) is 6.53. The summed E-state index contributed by atoms with van der Waals surface area (Å²) in [5.41, 5.74) is 0.409. The van der Waals surface area contributed by atoms with Gasteiger partial charge < -0.3 is 14.8 Å². The number of benzene rings is 1. The van der Waals surface area contributed by atoms with Crippen molar-refractivity contribution in [1.82, 2.24) is 5.32 Å². The Kier molecular flexibility index (Phi) is 3.13. The number of hydrogen-bond donors (Lipinski definition) is 1. The molecule has 3 rings (SSSR count). The lowest BCUT2D eigenvalue weighted by Gasteiger charge is -2.19. The highest BCUT2D eigenvalue weighted by molar-refractivity contribution is 7.94. The van der Waals surface area contributed by atoms with Crippen LogP contribution in [-0.4, -0.2) is 39.3 Å². The molecule has 2 heterocycles. The van der Waals surface area contributed by atoms with Crippen LogP contribution in [-0.2, 0) is 9.84 Å². The molecule has 0 aromatic heterocycles. The Morgan fingerprint density at radius 1 is 1.20 bits per heavy atom. The number of ether oxygens (including phenoxy) is 2. The van der Waals surface area contributed by atoms with Gasteiger partial charge in [-0.1, -0.05) is 0 Å². The van der Waals surface area contributed by atoms with E-state index in [1.807, 2.05) is 0 Å². The van der Waals surface area contributed by atoms with E-state index >= 15 is 0 Å². The van der Waals surface area contributed by atoms with Gasteiger partial charge in [0.25, 0.3) is 5.91 Å². The molecule has 0 bridgehead atoms. The van der Waals surface area contributed by atoms with E-state index in [-0.39, 0.29) is 11.7 Å². The molecule has 1 atom stereocenters. The summed E-state index contributed by atoms with van der Waals surface area (Å²) < 4.78 is 33.3. The number of hydrogen-bond acceptors (Lipinski definition) is 5. The molecular weight excluding hydrogens is 282 g/mol. The lowest BCUT2D eigenvalue weighted by molar-refractivity contribution is 0.0946. The predicted molar refractivity (Wildman–Crippen MR) is 71.6 cm³/mol. The van der Waals surface area contributed by atoms with Crippen LogP contribution in [0, 0.1) is 0 Å². The average molecular weight is 295 g/mol. The zero-order valence-corrected chi connectivity index (χ0v) is 11.4. The molecule has 1 amide bonds. The van der Waals surface area contributed by atoms with Gasteiger partial charge >= 0.3 is 0 Å². The third-order valence-electron chi connectivity index (χ3n) is 3.05. The fourth-order valence-electron chi connectivity index (χ4n) is 2.10. The Balaban J connectivity index is 1.73. The van der Waals surface area contributed by atoms with Crippen LogP contribution in [0.3, 0.4) is 0 Å². The van der Waals surface area contributed by atoms with E-state index in [0.717, 1.165) is 5.41 Å². The lowest BCUT2D eigenvalue weighted by Crippen LogP contribution is -2.35. The van der Waals surface area contributed by atoms with E-state index in [9.17, 15) is 13.2 Å². The second kappa shape index (κ2) is 4.82. The van der Waals surface area contributed by atoms with Gasteiger partial charge in [-0.05, 0) is 24.3 Å². The topological polar surface area (TPSA) is 81.7 Å². The zero-order chi connectivity index (χ0) is 14.2. The third kappa shape index (κ3) is 2.62. The number of nitrogens with one attached hydrogen (secondary N) is 1. The van der Waals surface area contributed by atoms with Gasteiger partial charge in [-0.3, -0.25) is 4.79 Å². The molecule has 0 radical (unpaired) electrons. The Labute approximate surface area is 116 Å². The highest BCUT2D eigenvalue weighted by atomic mass is 32.2. The maximum absolute atomic E-state index is 12.1. The normalized spacial score (nSPS) is 22.5. The predicted octanol–water partition coefficient (Wildman–Crippen LogP) is 0.498. The van der Waals surface area contributed by atoms with Gasteiger partial charge in [0.2, 0.25) is 0 Å². The summed E-state index contributed by atoms with van der Waals surface area (Å²) in [6, 6.07) is 4.40. The van der Waals surface area contributed by atoms with Gasteiger partial charge in [-0.15, -0.1) is 0 Å². The number of carbonyl (C=O) groups excluding carboxylic acids is 1. The van der Waals surface area contributed by atoms with Crippen molar-refractivity contribution in [3.8, 4) is 11.5 Å². The first kappa shape index (κ1) is 13.0. The second-order valence-electron chi connectivity index (χ2n) is 4.60. The Bertz CT molecular complexity index is 680. The summed E-state index contributed by atoms with van der Waals surface area (Å²) in [5.74, 6) is 0.701. The Morgan fingerprint density at radius 2 is 1.95 bits per heavy atom. The van der Waals surface area contributed by atoms with Gasteiger partial charge in [0.15, 0.2) is 21.3 Å². The minimum Gasteiger partial charge on any atom is -0.486 e. The van der Waals surface area contributed by atoms with Crippen molar-refractivity contribution in [2.75, 3.05) is 19.0 Å². The molecule has 6 nitrogen and oxygen atoms in total. The number of fused-ring (bicyclic) bond motifs is 1. The van der Waals surface area contributed by atoms with Crippen LogP contribution in [0.5, 0.6) is 11.5 Å². The van der Waals surface area contributed by atoms with Gasteiger partial charge in [0.05, 0.1) is 11.8 Å². The van der Waals surface area contributed by atoms with Crippen LogP contribution in [0.4, 0.5) is 0 Å². The molecule has 20 heavy (non-hydrogen) atoms. The first-order valence-corrected chi connectivity index (χ1v) is 7.86. The maximum Gasteiger partial charge on any atom is 0.251 e. The average Bonchev–Trinajstić information content (AvgIpc) is 2.77. The Morgan fingerprint density at radius 3 is 2.65 bits per heavy atom. The molecule has 0 unspecified atom stereocenters. The first-order chi connectivity index (χ1) is 9.53. The van der Waals surface area contributed by atoms with E-state index in [1.165, 1.54) is 6.08 Å². The fraction of sp³-hybridized carbons (Fsp3) is 0.308. The van der Waals surface area contributed by atoms with Crippen molar-refractivity contribution in [2.45, 2.75) is 6.04 Å². The van der Waals surface area contributed by atoms with Crippen LogP contribution >= 0.6 is 0 Å². The van der Waals surface area contributed by atoms with Crippen molar-refractivity contribution in [1.29, 1.82) is 0 Å². The molecule has 7 heteroatoms.